The Kier molecular flexibility index (Phi) is 4.25. The Balaban J connectivity index is 1.43. The van der Waals surface area contributed by atoms with E-state index in [9.17, 15) is 4.79 Å². The maximum absolute atomic E-state index is 12.6. The third-order valence-corrected chi connectivity index (χ3v) is 6.16. The Hall–Kier alpha value is -1.55. The highest BCUT2D eigenvalue weighted by molar-refractivity contribution is 5.75. The van der Waals surface area contributed by atoms with Crippen LogP contribution in [0.3, 0.4) is 0 Å². The van der Waals surface area contributed by atoms with Crippen LogP contribution in [0.25, 0.3) is 0 Å². The van der Waals surface area contributed by atoms with Gasteiger partial charge in [0.15, 0.2) is 0 Å². The highest BCUT2D eigenvalue weighted by Gasteiger charge is 2.40. The number of carbonyl (C=O) groups excluding carboxylic acids is 1. The van der Waals surface area contributed by atoms with E-state index in [1.165, 1.54) is 24.0 Å². The molecule has 1 saturated heterocycles. The van der Waals surface area contributed by atoms with Crippen LogP contribution in [0, 0.1) is 11.8 Å². The number of rotatable bonds is 2. The monoisotopic (exact) mass is 328 g/mol. The summed E-state index contributed by atoms with van der Waals surface area (Å²) in [5, 5.41) is 6.50. The lowest BCUT2D eigenvalue weighted by Crippen LogP contribution is -2.57. The van der Waals surface area contributed by atoms with Gasteiger partial charge in [0.05, 0.1) is 12.1 Å². The first-order valence-corrected chi connectivity index (χ1v) is 9.36. The zero-order valence-electron chi connectivity index (χ0n) is 14.5. The third kappa shape index (κ3) is 3.16. The Morgan fingerprint density at radius 2 is 1.83 bits per heavy atom. The van der Waals surface area contributed by atoms with Gasteiger partial charge in [-0.1, -0.05) is 24.3 Å². The standard InChI is InChI=1S/C20H28N2O2/c1-20(9-4-10-24-13-20)22-19(23)21-18-16-7-8-17(18)12-15-6-3-2-5-14(15)11-16/h2-3,5-6,16-18H,4,7-13H2,1H3,(H2,21,22,23). The van der Waals surface area contributed by atoms with Crippen molar-refractivity contribution in [3.8, 4) is 0 Å². The predicted octanol–water partition coefficient (Wildman–Crippen LogP) is 3.05. The van der Waals surface area contributed by atoms with Crippen LogP contribution >= 0.6 is 0 Å². The molecule has 4 rings (SSSR count). The Labute approximate surface area is 144 Å². The number of nitrogens with one attached hydrogen (secondary N) is 2. The summed E-state index contributed by atoms with van der Waals surface area (Å²) in [6.45, 7) is 3.51. The van der Waals surface area contributed by atoms with Crippen molar-refractivity contribution in [2.75, 3.05) is 13.2 Å². The molecule has 0 radical (unpaired) electrons. The van der Waals surface area contributed by atoms with Crippen LogP contribution in [0.4, 0.5) is 4.79 Å². The summed E-state index contributed by atoms with van der Waals surface area (Å²) in [5.41, 5.74) is 2.73. The molecule has 4 nitrogen and oxygen atoms in total. The maximum Gasteiger partial charge on any atom is 0.315 e. The van der Waals surface area contributed by atoms with Crippen LogP contribution in [0.15, 0.2) is 24.3 Å². The van der Waals surface area contributed by atoms with Gasteiger partial charge in [-0.2, -0.15) is 0 Å². The van der Waals surface area contributed by atoms with Crippen molar-refractivity contribution in [3.63, 3.8) is 0 Å². The lowest BCUT2D eigenvalue weighted by molar-refractivity contribution is 0.0330. The second kappa shape index (κ2) is 6.40. The lowest BCUT2D eigenvalue weighted by Gasteiger charge is -2.35. The van der Waals surface area contributed by atoms with E-state index >= 15 is 0 Å². The minimum Gasteiger partial charge on any atom is -0.379 e. The summed E-state index contributed by atoms with van der Waals surface area (Å²) >= 11 is 0. The number of fused-ring (bicyclic) bond motifs is 3. The molecule has 4 heteroatoms. The molecule has 2 aliphatic carbocycles. The Morgan fingerprint density at radius 3 is 2.42 bits per heavy atom. The van der Waals surface area contributed by atoms with Gasteiger partial charge in [0.25, 0.3) is 0 Å². The zero-order valence-corrected chi connectivity index (χ0v) is 14.5. The van der Waals surface area contributed by atoms with Gasteiger partial charge in [-0.05, 0) is 68.4 Å². The van der Waals surface area contributed by atoms with E-state index in [4.69, 9.17) is 4.74 Å². The number of benzene rings is 1. The van der Waals surface area contributed by atoms with E-state index in [-0.39, 0.29) is 11.6 Å². The van der Waals surface area contributed by atoms with Gasteiger partial charge in [-0.15, -0.1) is 0 Å². The smallest absolute Gasteiger partial charge is 0.315 e. The summed E-state index contributed by atoms with van der Waals surface area (Å²) in [6.07, 6.45) is 6.65. The average molecular weight is 328 g/mol. The molecule has 1 saturated carbocycles. The highest BCUT2D eigenvalue weighted by Crippen LogP contribution is 2.40. The number of carbonyl (C=O) groups is 1. The van der Waals surface area contributed by atoms with E-state index in [2.05, 4.69) is 41.8 Å². The first-order valence-electron chi connectivity index (χ1n) is 9.36. The molecular formula is C20H28N2O2. The minimum atomic E-state index is -0.227. The van der Waals surface area contributed by atoms with E-state index < -0.39 is 0 Å². The van der Waals surface area contributed by atoms with Crippen LogP contribution < -0.4 is 10.6 Å². The fraction of sp³-hybridized carbons (Fsp3) is 0.650. The summed E-state index contributed by atoms with van der Waals surface area (Å²) in [4.78, 5) is 12.6. The molecule has 0 aromatic heterocycles. The van der Waals surface area contributed by atoms with Crippen molar-refractivity contribution >= 4 is 6.03 Å². The first-order chi connectivity index (χ1) is 11.6. The van der Waals surface area contributed by atoms with Gasteiger partial charge in [-0.25, -0.2) is 4.79 Å². The van der Waals surface area contributed by atoms with Gasteiger partial charge in [-0.3, -0.25) is 0 Å². The summed E-state index contributed by atoms with van der Waals surface area (Å²) < 4.78 is 5.55. The van der Waals surface area contributed by atoms with Crippen molar-refractivity contribution in [2.24, 2.45) is 11.8 Å². The molecule has 2 amide bonds. The van der Waals surface area contributed by atoms with Gasteiger partial charge in [0.1, 0.15) is 0 Å². The largest absolute Gasteiger partial charge is 0.379 e. The molecule has 1 aromatic carbocycles. The number of hydrogen-bond donors (Lipinski definition) is 2. The number of urea groups is 1. The molecule has 2 N–H and O–H groups in total. The van der Waals surface area contributed by atoms with Gasteiger partial charge >= 0.3 is 6.03 Å². The fourth-order valence-electron chi connectivity index (χ4n) is 4.88. The highest BCUT2D eigenvalue weighted by atomic mass is 16.5. The molecule has 3 unspecified atom stereocenters. The normalized spacial score (nSPS) is 35.0. The number of hydrogen-bond acceptors (Lipinski definition) is 2. The molecule has 1 heterocycles. The SMILES string of the molecule is CC1(NC(=O)NC2C3CCC2Cc2ccccc2C3)CCCOC1. The summed E-state index contributed by atoms with van der Waals surface area (Å²) in [5.74, 6) is 1.14. The molecule has 3 atom stereocenters. The quantitative estimate of drug-likeness (QED) is 0.877. The van der Waals surface area contributed by atoms with Crippen LogP contribution in [-0.4, -0.2) is 30.8 Å². The summed E-state index contributed by atoms with van der Waals surface area (Å²) in [7, 11) is 0. The molecule has 3 aliphatic rings. The molecule has 24 heavy (non-hydrogen) atoms. The van der Waals surface area contributed by atoms with E-state index in [1.54, 1.807) is 0 Å². The molecule has 2 fully saturated rings. The zero-order chi connectivity index (χ0) is 16.6. The average Bonchev–Trinajstić information content (AvgIpc) is 2.82. The first kappa shape index (κ1) is 15.9. The Bertz CT molecular complexity index is 576. The van der Waals surface area contributed by atoms with Crippen molar-refractivity contribution in [1.29, 1.82) is 0 Å². The second-order valence-corrected chi connectivity index (χ2v) is 8.12. The molecule has 1 aliphatic heterocycles. The predicted molar refractivity (Wildman–Crippen MR) is 94.0 cm³/mol. The number of amides is 2. The summed E-state index contributed by atoms with van der Waals surface area (Å²) in [6, 6.07) is 9.07. The van der Waals surface area contributed by atoms with Gasteiger partial charge in [0, 0.05) is 12.6 Å². The second-order valence-electron chi connectivity index (χ2n) is 8.12. The minimum absolute atomic E-state index is 0.0177. The van der Waals surface area contributed by atoms with Crippen LogP contribution in [0.5, 0.6) is 0 Å². The van der Waals surface area contributed by atoms with E-state index in [1.807, 2.05) is 0 Å². The third-order valence-electron chi connectivity index (χ3n) is 6.16. The van der Waals surface area contributed by atoms with Crippen LogP contribution in [0.2, 0.25) is 0 Å². The molecule has 0 spiro atoms. The Morgan fingerprint density at radius 1 is 1.17 bits per heavy atom. The lowest BCUT2D eigenvalue weighted by atomic mass is 9.94. The molecular weight excluding hydrogens is 300 g/mol. The van der Waals surface area contributed by atoms with Crippen molar-refractivity contribution in [3.05, 3.63) is 35.4 Å². The topological polar surface area (TPSA) is 50.4 Å². The van der Waals surface area contributed by atoms with Crippen molar-refractivity contribution in [2.45, 2.75) is 57.0 Å². The van der Waals surface area contributed by atoms with E-state index in [0.29, 0.717) is 24.5 Å². The number of ether oxygens (including phenoxy) is 1. The maximum atomic E-state index is 12.6. The van der Waals surface area contributed by atoms with Crippen molar-refractivity contribution in [1.82, 2.24) is 10.6 Å². The van der Waals surface area contributed by atoms with Gasteiger partial charge in [0.2, 0.25) is 0 Å². The van der Waals surface area contributed by atoms with Gasteiger partial charge < -0.3 is 15.4 Å². The molecule has 130 valence electrons. The molecule has 1 aromatic rings. The van der Waals surface area contributed by atoms with Crippen LogP contribution in [-0.2, 0) is 17.6 Å². The fourth-order valence-corrected chi connectivity index (χ4v) is 4.88. The van der Waals surface area contributed by atoms with Crippen molar-refractivity contribution < 1.29 is 9.53 Å². The van der Waals surface area contributed by atoms with E-state index in [0.717, 1.165) is 32.3 Å². The van der Waals surface area contributed by atoms with Crippen LogP contribution in [0.1, 0.15) is 43.7 Å². The molecule has 2 bridgehead atoms.